The molecule has 2 atom stereocenters. The molecule has 5 N–H and O–H groups in total. The molecule has 1 aliphatic heterocycles. The second-order valence-corrected chi connectivity index (χ2v) is 7.77. The molecule has 3 aromatic rings. The van der Waals surface area contributed by atoms with Crippen LogP contribution < -0.4 is 16.4 Å². The summed E-state index contributed by atoms with van der Waals surface area (Å²) in [6.45, 7) is 0. The fraction of sp³-hybridized carbons (Fsp3) is 0.350. The topological polar surface area (TPSA) is 118 Å². The molecule has 1 aliphatic rings. The van der Waals surface area contributed by atoms with Crippen molar-refractivity contribution in [1.29, 1.82) is 0 Å². The number of anilines is 2. The molecule has 1 aromatic carbocycles. The lowest BCUT2D eigenvalue weighted by molar-refractivity contribution is 0.187. The number of H-pyrrole nitrogens is 1. The lowest BCUT2D eigenvalue weighted by atomic mass is 10.0. The van der Waals surface area contributed by atoms with Crippen molar-refractivity contribution in [2.75, 3.05) is 17.7 Å². The zero-order valence-electron chi connectivity index (χ0n) is 16.1. The summed E-state index contributed by atoms with van der Waals surface area (Å²) >= 11 is 1.58. The van der Waals surface area contributed by atoms with Crippen LogP contribution in [0.25, 0.3) is 11.3 Å². The van der Waals surface area contributed by atoms with Gasteiger partial charge in [-0.1, -0.05) is 12.8 Å². The molecule has 29 heavy (non-hydrogen) atoms. The third-order valence-electron chi connectivity index (χ3n) is 5.07. The first kappa shape index (κ1) is 19.4. The predicted molar refractivity (Wildman–Crippen MR) is 114 cm³/mol. The van der Waals surface area contributed by atoms with Crippen LogP contribution in [-0.2, 0) is 4.74 Å². The van der Waals surface area contributed by atoms with Crippen molar-refractivity contribution < 1.29 is 9.53 Å². The number of fused-ring (bicyclic) bond motifs is 4. The molecule has 2 unspecified atom stereocenters. The van der Waals surface area contributed by atoms with Gasteiger partial charge in [0.15, 0.2) is 0 Å². The average molecular weight is 413 g/mol. The zero-order valence-corrected chi connectivity index (χ0v) is 17.0. The van der Waals surface area contributed by atoms with Gasteiger partial charge in [-0.2, -0.15) is 0 Å². The van der Waals surface area contributed by atoms with Gasteiger partial charge in [-0.15, -0.1) is 11.3 Å². The Bertz CT molecular complexity index is 971. The molecular weight excluding hydrogens is 388 g/mol. The number of imidazole rings is 1. The number of carbonyl (C=O) groups excluding carboxylic acids is 1. The number of nitrogens with two attached hydrogens (primary N) is 1. The minimum atomic E-state index is -0.512. The van der Waals surface area contributed by atoms with E-state index in [9.17, 15) is 4.79 Å². The molecule has 0 fully saturated rings. The Hall–Kier alpha value is -2.91. The summed E-state index contributed by atoms with van der Waals surface area (Å²) in [7, 11) is 1.34. The highest BCUT2D eigenvalue weighted by atomic mass is 32.1. The molecule has 0 aliphatic carbocycles. The van der Waals surface area contributed by atoms with Crippen LogP contribution in [0.15, 0.2) is 35.3 Å². The molecule has 0 saturated carbocycles. The van der Waals surface area contributed by atoms with Crippen LogP contribution in [-0.4, -0.2) is 28.2 Å². The number of hydrogen-bond acceptors (Lipinski definition) is 7. The molecular formula is C20H24N6O2S. The molecule has 4 rings (SSSR count). The maximum Gasteiger partial charge on any atom is 0.411 e. The largest absolute Gasteiger partial charge is 0.453 e. The molecule has 2 bridgehead atoms. The highest BCUT2D eigenvalue weighted by Crippen LogP contribution is 2.35. The number of methoxy groups -OCH3 is 1. The first-order valence-electron chi connectivity index (χ1n) is 9.59. The van der Waals surface area contributed by atoms with Gasteiger partial charge in [0.25, 0.3) is 0 Å². The quantitative estimate of drug-likeness (QED) is 0.494. The number of aromatic amines is 1. The highest BCUT2D eigenvalue weighted by Gasteiger charge is 2.20. The minimum absolute atomic E-state index is 0.0578. The van der Waals surface area contributed by atoms with E-state index in [1.807, 2.05) is 29.9 Å². The van der Waals surface area contributed by atoms with Gasteiger partial charge in [-0.05, 0) is 31.0 Å². The van der Waals surface area contributed by atoms with Gasteiger partial charge in [-0.3, -0.25) is 5.32 Å². The standard InChI is InChI=1S/C20H24N6O2S/c1-28-20(27)24-12-6-7-13-16(8-12)25-15(18-10-29-11-23-18)5-3-2-4-14(21)19-22-9-17(13)26-19/h6-11,14-15,25H,2-5,21H2,1H3,(H,22,26)(H,24,27). The summed E-state index contributed by atoms with van der Waals surface area (Å²) in [6.07, 6.45) is 5.21. The summed E-state index contributed by atoms with van der Waals surface area (Å²) < 4.78 is 4.71. The number of carbonyl (C=O) groups is 1. The van der Waals surface area contributed by atoms with Crippen molar-refractivity contribution in [3.63, 3.8) is 0 Å². The summed E-state index contributed by atoms with van der Waals surface area (Å²) in [4.78, 5) is 24.1. The third-order valence-corrected chi connectivity index (χ3v) is 5.68. The summed E-state index contributed by atoms with van der Waals surface area (Å²) in [5.41, 5.74) is 12.4. The molecule has 2 aromatic heterocycles. The lowest BCUT2D eigenvalue weighted by Crippen LogP contribution is -2.15. The Kier molecular flexibility index (Phi) is 5.77. The second-order valence-electron chi connectivity index (χ2n) is 7.05. The van der Waals surface area contributed by atoms with Crippen LogP contribution in [0.4, 0.5) is 16.2 Å². The maximum atomic E-state index is 11.7. The monoisotopic (exact) mass is 412 g/mol. The van der Waals surface area contributed by atoms with Crippen LogP contribution in [0.2, 0.25) is 0 Å². The van der Waals surface area contributed by atoms with Crippen molar-refractivity contribution in [2.24, 2.45) is 5.73 Å². The Morgan fingerprint density at radius 3 is 3.00 bits per heavy atom. The molecule has 1 amide bonds. The van der Waals surface area contributed by atoms with E-state index < -0.39 is 6.09 Å². The number of hydrogen-bond donors (Lipinski definition) is 4. The number of nitrogens with zero attached hydrogens (tertiary/aromatic N) is 2. The summed E-state index contributed by atoms with van der Waals surface area (Å²) in [6, 6.07) is 5.60. The van der Waals surface area contributed by atoms with E-state index in [1.165, 1.54) is 7.11 Å². The highest BCUT2D eigenvalue weighted by molar-refractivity contribution is 7.07. The number of aromatic nitrogens is 3. The second kappa shape index (κ2) is 8.62. The van der Waals surface area contributed by atoms with Crippen molar-refractivity contribution in [2.45, 2.75) is 37.8 Å². The summed E-state index contributed by atoms with van der Waals surface area (Å²) in [5, 5.41) is 8.42. The normalized spacial score (nSPS) is 19.2. The van der Waals surface area contributed by atoms with Gasteiger partial charge >= 0.3 is 6.09 Å². The average Bonchev–Trinajstić information content (AvgIpc) is 3.41. The molecule has 0 spiro atoms. The van der Waals surface area contributed by atoms with E-state index in [4.69, 9.17) is 15.5 Å². The first-order chi connectivity index (χ1) is 14.1. The Morgan fingerprint density at radius 2 is 2.21 bits per heavy atom. The van der Waals surface area contributed by atoms with Crippen LogP contribution in [0.1, 0.15) is 49.3 Å². The summed E-state index contributed by atoms with van der Waals surface area (Å²) in [5.74, 6) is 0.791. The first-order valence-corrected chi connectivity index (χ1v) is 10.5. The van der Waals surface area contributed by atoms with E-state index in [0.29, 0.717) is 5.69 Å². The molecule has 152 valence electrons. The SMILES string of the molecule is COC(=O)Nc1ccc2c(c1)NC(c1cscn1)CCCCC(N)c1nc-2c[nH]1. The Morgan fingerprint density at radius 1 is 1.34 bits per heavy atom. The zero-order chi connectivity index (χ0) is 20.2. The van der Waals surface area contributed by atoms with Crippen LogP contribution in [0.3, 0.4) is 0 Å². The van der Waals surface area contributed by atoms with Gasteiger partial charge in [0.2, 0.25) is 0 Å². The van der Waals surface area contributed by atoms with Gasteiger partial charge in [0.05, 0.1) is 36.1 Å². The van der Waals surface area contributed by atoms with Crippen LogP contribution in [0, 0.1) is 0 Å². The van der Waals surface area contributed by atoms with Gasteiger partial charge in [0.1, 0.15) is 5.82 Å². The van der Waals surface area contributed by atoms with E-state index in [-0.39, 0.29) is 12.1 Å². The lowest BCUT2D eigenvalue weighted by Gasteiger charge is -2.22. The van der Waals surface area contributed by atoms with E-state index in [0.717, 1.165) is 54.1 Å². The smallest absolute Gasteiger partial charge is 0.411 e. The Labute approximate surface area is 172 Å². The fourth-order valence-electron chi connectivity index (χ4n) is 3.52. The van der Waals surface area contributed by atoms with Crippen molar-refractivity contribution in [3.8, 4) is 11.3 Å². The van der Waals surface area contributed by atoms with Gasteiger partial charge in [0, 0.05) is 28.5 Å². The predicted octanol–water partition coefficient (Wildman–Crippen LogP) is 4.44. The van der Waals surface area contributed by atoms with E-state index in [1.54, 1.807) is 11.3 Å². The molecule has 9 heteroatoms. The van der Waals surface area contributed by atoms with Gasteiger partial charge < -0.3 is 20.8 Å². The number of rotatable bonds is 2. The minimum Gasteiger partial charge on any atom is -0.453 e. The molecule has 0 radical (unpaired) electrons. The van der Waals surface area contributed by atoms with Crippen molar-refractivity contribution in [1.82, 2.24) is 15.0 Å². The Balaban J connectivity index is 1.76. The van der Waals surface area contributed by atoms with Crippen molar-refractivity contribution >= 4 is 28.8 Å². The fourth-order valence-corrected chi connectivity index (χ4v) is 4.13. The molecule has 8 nitrogen and oxygen atoms in total. The number of amides is 1. The number of benzene rings is 1. The third kappa shape index (κ3) is 4.41. The number of nitrogens with one attached hydrogen (secondary N) is 3. The molecule has 0 saturated heterocycles. The number of ether oxygens (including phenoxy) is 1. The van der Waals surface area contributed by atoms with E-state index >= 15 is 0 Å². The molecule has 3 heterocycles. The van der Waals surface area contributed by atoms with Crippen molar-refractivity contribution in [3.05, 3.63) is 46.8 Å². The van der Waals surface area contributed by atoms with E-state index in [2.05, 4.69) is 26.0 Å². The maximum absolute atomic E-state index is 11.7. The van der Waals surface area contributed by atoms with Crippen LogP contribution in [0.5, 0.6) is 0 Å². The van der Waals surface area contributed by atoms with Gasteiger partial charge in [-0.25, -0.2) is 14.8 Å². The number of thiazole rings is 1. The van der Waals surface area contributed by atoms with Crippen LogP contribution >= 0.6 is 11.3 Å².